The maximum absolute atomic E-state index is 13.7. The molecule has 0 fully saturated rings. The van der Waals surface area contributed by atoms with Gasteiger partial charge in [0.05, 0.1) is 41.6 Å². The third-order valence-electron chi connectivity index (χ3n) is 6.19. The third-order valence-corrected chi connectivity index (χ3v) is 6.19. The van der Waals surface area contributed by atoms with Crippen molar-refractivity contribution in [3.8, 4) is 28.7 Å². The number of methoxy groups -OCH3 is 5. The van der Waals surface area contributed by atoms with E-state index in [4.69, 9.17) is 23.7 Å². The quantitative estimate of drug-likeness (QED) is 0.513. The molecule has 0 saturated carbocycles. The van der Waals surface area contributed by atoms with Gasteiger partial charge in [0.15, 0.2) is 23.0 Å². The van der Waals surface area contributed by atoms with Crippen LogP contribution in [0, 0.1) is 0 Å². The van der Waals surface area contributed by atoms with Gasteiger partial charge in [-0.2, -0.15) is 0 Å². The molecule has 34 heavy (non-hydrogen) atoms. The Hall–Kier alpha value is -3.87. The minimum atomic E-state index is -0.349. The Kier molecular flexibility index (Phi) is 6.82. The zero-order chi connectivity index (χ0) is 24.2. The van der Waals surface area contributed by atoms with Gasteiger partial charge in [0.1, 0.15) is 5.75 Å². The van der Waals surface area contributed by atoms with Crippen molar-refractivity contribution in [1.29, 1.82) is 0 Å². The lowest BCUT2D eigenvalue weighted by molar-refractivity contribution is 0.0694. The van der Waals surface area contributed by atoms with Crippen LogP contribution in [0.25, 0.3) is 0 Å². The number of carbonyl (C=O) groups is 1. The van der Waals surface area contributed by atoms with Crippen molar-refractivity contribution >= 4 is 5.91 Å². The molecular weight excluding hydrogens is 434 g/mol. The Morgan fingerprint density at radius 2 is 1.35 bits per heavy atom. The lowest BCUT2D eigenvalue weighted by Gasteiger charge is -2.38. The van der Waals surface area contributed by atoms with Crippen LogP contribution >= 0.6 is 0 Å². The van der Waals surface area contributed by atoms with E-state index in [1.165, 1.54) is 0 Å². The van der Waals surface area contributed by atoms with Crippen LogP contribution in [0.15, 0.2) is 54.6 Å². The van der Waals surface area contributed by atoms with E-state index in [2.05, 4.69) is 0 Å². The van der Waals surface area contributed by atoms with E-state index in [0.29, 0.717) is 47.3 Å². The lowest BCUT2D eigenvalue weighted by Crippen LogP contribution is -2.40. The maximum atomic E-state index is 13.7. The molecule has 0 aromatic heterocycles. The molecule has 7 nitrogen and oxygen atoms in total. The summed E-state index contributed by atoms with van der Waals surface area (Å²) in [4.78, 5) is 15.6. The molecule has 0 bridgehead atoms. The highest BCUT2D eigenvalue weighted by Gasteiger charge is 2.34. The highest BCUT2D eigenvalue weighted by Crippen LogP contribution is 2.43. The summed E-state index contributed by atoms with van der Waals surface area (Å²) in [6.45, 7) is 0.548. The van der Waals surface area contributed by atoms with E-state index in [9.17, 15) is 4.79 Å². The largest absolute Gasteiger partial charge is 0.497 e. The topological polar surface area (TPSA) is 66.5 Å². The second-order valence-corrected chi connectivity index (χ2v) is 7.90. The summed E-state index contributed by atoms with van der Waals surface area (Å²) in [7, 11) is 8.04. The Bertz CT molecular complexity index is 1170. The molecule has 1 atom stereocenters. The molecule has 3 aromatic carbocycles. The molecular formula is C27H29NO6. The number of ether oxygens (including phenoxy) is 5. The van der Waals surface area contributed by atoms with E-state index in [-0.39, 0.29) is 11.9 Å². The average molecular weight is 464 g/mol. The number of benzene rings is 3. The molecule has 0 radical (unpaired) electrons. The number of rotatable bonds is 7. The zero-order valence-electron chi connectivity index (χ0n) is 20.1. The van der Waals surface area contributed by atoms with Gasteiger partial charge in [0.2, 0.25) is 0 Å². The highest BCUT2D eigenvalue weighted by molar-refractivity contribution is 5.95. The van der Waals surface area contributed by atoms with E-state index in [1.807, 2.05) is 35.2 Å². The summed E-state index contributed by atoms with van der Waals surface area (Å²) in [6, 6.07) is 16.5. The first-order valence-electron chi connectivity index (χ1n) is 11.0. The molecule has 1 heterocycles. The lowest BCUT2D eigenvalue weighted by atomic mass is 9.87. The van der Waals surface area contributed by atoms with Crippen molar-refractivity contribution < 1.29 is 28.5 Å². The summed E-state index contributed by atoms with van der Waals surface area (Å²) < 4.78 is 27.3. The number of carbonyl (C=O) groups excluding carboxylic acids is 1. The molecule has 178 valence electrons. The number of hydrogen-bond donors (Lipinski definition) is 0. The van der Waals surface area contributed by atoms with Gasteiger partial charge in [-0.05, 0) is 71.6 Å². The summed E-state index contributed by atoms with van der Waals surface area (Å²) in [6.07, 6.45) is 0.696. The van der Waals surface area contributed by atoms with Gasteiger partial charge in [-0.3, -0.25) is 4.79 Å². The molecule has 0 spiro atoms. The first-order valence-corrected chi connectivity index (χ1v) is 11.0. The molecule has 4 rings (SSSR count). The molecule has 3 aromatic rings. The van der Waals surface area contributed by atoms with E-state index < -0.39 is 0 Å². The molecule has 1 aliphatic heterocycles. The monoisotopic (exact) mass is 463 g/mol. The maximum Gasteiger partial charge on any atom is 0.254 e. The van der Waals surface area contributed by atoms with Gasteiger partial charge in [-0.25, -0.2) is 0 Å². The first kappa shape index (κ1) is 23.3. The average Bonchev–Trinajstić information content (AvgIpc) is 2.90. The van der Waals surface area contributed by atoms with Crippen molar-refractivity contribution in [2.45, 2.75) is 12.5 Å². The molecule has 0 N–H and O–H groups in total. The van der Waals surface area contributed by atoms with Crippen LogP contribution in [0.4, 0.5) is 0 Å². The Morgan fingerprint density at radius 1 is 0.735 bits per heavy atom. The van der Waals surface area contributed by atoms with E-state index in [1.54, 1.807) is 59.8 Å². The van der Waals surface area contributed by atoms with Gasteiger partial charge in [0, 0.05) is 12.1 Å². The summed E-state index contributed by atoms with van der Waals surface area (Å²) in [5.41, 5.74) is 3.59. The Balaban J connectivity index is 1.85. The fraction of sp³-hybridized carbons (Fsp3) is 0.296. The van der Waals surface area contributed by atoms with Crippen LogP contribution in [0.1, 0.15) is 33.1 Å². The van der Waals surface area contributed by atoms with E-state index in [0.717, 1.165) is 16.7 Å². The number of amides is 1. The second kappa shape index (κ2) is 9.95. The summed E-state index contributed by atoms with van der Waals surface area (Å²) in [5, 5.41) is 0. The Morgan fingerprint density at radius 3 is 1.97 bits per heavy atom. The van der Waals surface area contributed by atoms with Crippen LogP contribution in [-0.4, -0.2) is 52.9 Å². The van der Waals surface area contributed by atoms with Crippen molar-refractivity contribution in [3.05, 3.63) is 76.9 Å². The van der Waals surface area contributed by atoms with Gasteiger partial charge < -0.3 is 28.6 Å². The van der Waals surface area contributed by atoms with Crippen LogP contribution in [-0.2, 0) is 6.42 Å². The van der Waals surface area contributed by atoms with Crippen LogP contribution < -0.4 is 23.7 Å². The molecule has 0 aliphatic carbocycles. The Labute approximate surface area is 199 Å². The summed E-state index contributed by atoms with van der Waals surface area (Å²) in [5.74, 6) is 3.15. The number of fused-ring (bicyclic) bond motifs is 1. The molecule has 0 unspecified atom stereocenters. The van der Waals surface area contributed by atoms with Crippen LogP contribution in [0.5, 0.6) is 28.7 Å². The zero-order valence-corrected chi connectivity index (χ0v) is 20.1. The fourth-order valence-electron chi connectivity index (χ4n) is 4.45. The first-order chi connectivity index (χ1) is 16.5. The standard InChI is InChI=1S/C27H29NO6/c1-30-20-9-6-17(7-10-20)27(29)28-13-12-18-14-24(33-4)25(34-5)16-21(18)26(28)19-8-11-22(31-2)23(15-19)32-3/h6-11,14-16,26H,12-13H2,1-5H3/t26-/m1/s1. The van der Waals surface area contributed by atoms with Gasteiger partial charge >= 0.3 is 0 Å². The van der Waals surface area contributed by atoms with Gasteiger partial charge in [-0.15, -0.1) is 0 Å². The van der Waals surface area contributed by atoms with Crippen molar-refractivity contribution in [3.63, 3.8) is 0 Å². The molecule has 7 heteroatoms. The molecule has 1 aliphatic rings. The van der Waals surface area contributed by atoms with Gasteiger partial charge in [-0.1, -0.05) is 6.07 Å². The second-order valence-electron chi connectivity index (χ2n) is 7.90. The van der Waals surface area contributed by atoms with Crippen molar-refractivity contribution in [1.82, 2.24) is 4.90 Å². The van der Waals surface area contributed by atoms with Crippen molar-refractivity contribution in [2.75, 3.05) is 42.1 Å². The SMILES string of the molecule is COc1ccc(C(=O)N2CCc3cc(OC)c(OC)cc3[C@H]2c2ccc(OC)c(OC)c2)cc1. The smallest absolute Gasteiger partial charge is 0.254 e. The van der Waals surface area contributed by atoms with Crippen LogP contribution in [0.2, 0.25) is 0 Å². The highest BCUT2D eigenvalue weighted by atomic mass is 16.5. The molecule has 0 saturated heterocycles. The predicted octanol–water partition coefficient (Wildman–Crippen LogP) is 4.52. The predicted molar refractivity (Wildman–Crippen MR) is 129 cm³/mol. The minimum absolute atomic E-state index is 0.0668. The number of nitrogens with zero attached hydrogens (tertiary/aromatic N) is 1. The normalized spacial score (nSPS) is 14.7. The van der Waals surface area contributed by atoms with E-state index >= 15 is 0 Å². The summed E-state index contributed by atoms with van der Waals surface area (Å²) >= 11 is 0. The molecule has 1 amide bonds. The third kappa shape index (κ3) is 4.21. The van der Waals surface area contributed by atoms with Gasteiger partial charge in [0.25, 0.3) is 5.91 Å². The van der Waals surface area contributed by atoms with Crippen molar-refractivity contribution in [2.24, 2.45) is 0 Å². The minimum Gasteiger partial charge on any atom is -0.497 e. The fourth-order valence-corrected chi connectivity index (χ4v) is 4.45. The number of hydrogen-bond acceptors (Lipinski definition) is 6. The van der Waals surface area contributed by atoms with Crippen LogP contribution in [0.3, 0.4) is 0 Å².